The molecular formula is C16H17N3OS. The Morgan fingerprint density at radius 2 is 2.29 bits per heavy atom. The standard InChI is InChI=1S/C16H17N3OS/c1-3-4-5-11-6-7-12(21-11)8-13-14-9-17-10(2)18-15(14)19-16(13)20/h6-9,17H,2-5H2,1H3,(H,18,19,20). The molecule has 0 saturated carbocycles. The molecule has 0 aromatic carbocycles. The van der Waals surface area contributed by atoms with E-state index in [2.05, 4.69) is 40.6 Å². The van der Waals surface area contributed by atoms with Crippen LogP contribution in [-0.2, 0) is 6.42 Å². The van der Waals surface area contributed by atoms with Crippen LogP contribution in [-0.4, -0.2) is 15.0 Å². The number of aromatic amines is 2. The minimum atomic E-state index is -0.111. The van der Waals surface area contributed by atoms with E-state index in [1.165, 1.54) is 17.7 Å². The number of nitrogens with one attached hydrogen (secondary N) is 2. The van der Waals surface area contributed by atoms with Crippen LogP contribution in [0.4, 0.5) is 0 Å². The van der Waals surface area contributed by atoms with Gasteiger partial charge in [-0.2, -0.15) is 0 Å². The largest absolute Gasteiger partial charge is 0.346 e. The lowest BCUT2D eigenvalue weighted by Crippen LogP contribution is -2.21. The van der Waals surface area contributed by atoms with Gasteiger partial charge in [-0.3, -0.25) is 4.79 Å². The first kappa shape index (κ1) is 13.8. The Labute approximate surface area is 126 Å². The van der Waals surface area contributed by atoms with E-state index in [4.69, 9.17) is 0 Å². The molecule has 108 valence electrons. The van der Waals surface area contributed by atoms with E-state index < -0.39 is 0 Å². The first-order valence-electron chi connectivity index (χ1n) is 7.04. The minimum absolute atomic E-state index is 0.111. The Bertz CT molecular complexity index is 887. The number of hydrogen-bond acceptors (Lipinski definition) is 3. The molecule has 0 aliphatic carbocycles. The third kappa shape index (κ3) is 2.83. The summed E-state index contributed by atoms with van der Waals surface area (Å²) < 4.78 is 0. The van der Waals surface area contributed by atoms with Crippen LogP contribution < -0.4 is 16.3 Å². The maximum atomic E-state index is 12.1. The summed E-state index contributed by atoms with van der Waals surface area (Å²) in [6.45, 7) is 5.92. The van der Waals surface area contributed by atoms with Crippen LogP contribution in [0, 0.1) is 0 Å². The summed E-state index contributed by atoms with van der Waals surface area (Å²) in [5.41, 5.74) is 1.23. The Morgan fingerprint density at radius 3 is 3.10 bits per heavy atom. The number of fused-ring (bicyclic) bond motifs is 1. The fourth-order valence-electron chi connectivity index (χ4n) is 2.29. The van der Waals surface area contributed by atoms with Gasteiger partial charge in [-0.15, -0.1) is 11.3 Å². The van der Waals surface area contributed by atoms with Crippen LogP contribution in [0.5, 0.6) is 0 Å². The zero-order valence-corrected chi connectivity index (χ0v) is 12.7. The van der Waals surface area contributed by atoms with Gasteiger partial charge in [-0.05, 0) is 31.1 Å². The normalized spacial score (nSPS) is 12.3. The van der Waals surface area contributed by atoms with E-state index in [0.717, 1.165) is 16.9 Å². The Kier molecular flexibility index (Phi) is 3.75. The van der Waals surface area contributed by atoms with Crippen LogP contribution in [0.1, 0.15) is 29.5 Å². The smallest absolute Gasteiger partial charge is 0.257 e. The number of hydrogen-bond donors (Lipinski definition) is 2. The van der Waals surface area contributed by atoms with Crippen molar-refractivity contribution in [2.45, 2.75) is 26.2 Å². The monoisotopic (exact) mass is 299 g/mol. The van der Waals surface area contributed by atoms with Gasteiger partial charge in [0.25, 0.3) is 5.56 Å². The van der Waals surface area contributed by atoms with Crippen LogP contribution in [0.15, 0.2) is 23.1 Å². The van der Waals surface area contributed by atoms with Crippen molar-refractivity contribution in [2.24, 2.45) is 0 Å². The van der Waals surface area contributed by atoms with Gasteiger partial charge < -0.3 is 9.97 Å². The summed E-state index contributed by atoms with van der Waals surface area (Å²) >= 11 is 1.74. The summed E-state index contributed by atoms with van der Waals surface area (Å²) in [6, 6.07) is 4.21. The van der Waals surface area contributed by atoms with Crippen molar-refractivity contribution >= 4 is 24.0 Å². The maximum absolute atomic E-state index is 12.1. The van der Waals surface area contributed by atoms with Gasteiger partial charge in [0.2, 0.25) is 0 Å². The number of rotatable bonds is 4. The second-order valence-corrected chi connectivity index (χ2v) is 6.23. The number of thiophene rings is 1. The van der Waals surface area contributed by atoms with Crippen molar-refractivity contribution < 1.29 is 0 Å². The molecule has 4 nitrogen and oxygen atoms in total. The number of aryl methyl sites for hydroxylation is 1. The third-order valence-electron chi connectivity index (χ3n) is 3.40. The zero-order valence-electron chi connectivity index (χ0n) is 11.9. The van der Waals surface area contributed by atoms with Crippen LogP contribution in [0.3, 0.4) is 0 Å². The van der Waals surface area contributed by atoms with Gasteiger partial charge in [0, 0.05) is 21.5 Å². The number of H-pyrrole nitrogens is 2. The molecule has 0 bridgehead atoms. The molecular weight excluding hydrogens is 282 g/mol. The molecule has 0 spiro atoms. The molecule has 21 heavy (non-hydrogen) atoms. The first-order chi connectivity index (χ1) is 10.2. The lowest BCUT2D eigenvalue weighted by atomic mass is 10.2. The highest BCUT2D eigenvalue weighted by atomic mass is 32.1. The molecule has 2 aliphatic heterocycles. The number of aromatic nitrogens is 3. The molecule has 0 unspecified atom stereocenters. The van der Waals surface area contributed by atoms with Gasteiger partial charge in [-0.1, -0.05) is 19.9 Å². The second kappa shape index (κ2) is 5.69. The predicted octanol–water partition coefficient (Wildman–Crippen LogP) is 1.85. The van der Waals surface area contributed by atoms with Crippen LogP contribution in [0.2, 0.25) is 0 Å². The third-order valence-corrected chi connectivity index (χ3v) is 4.49. The molecule has 0 atom stereocenters. The molecule has 5 heteroatoms. The fraction of sp³-hybridized carbons (Fsp3) is 0.250. The van der Waals surface area contributed by atoms with E-state index in [9.17, 15) is 4.79 Å². The summed E-state index contributed by atoms with van der Waals surface area (Å²) in [7, 11) is 0. The highest BCUT2D eigenvalue weighted by Gasteiger charge is 2.10. The summed E-state index contributed by atoms with van der Waals surface area (Å²) in [5, 5.41) is 0.651. The highest BCUT2D eigenvalue weighted by Crippen LogP contribution is 2.19. The van der Waals surface area contributed by atoms with E-state index in [-0.39, 0.29) is 5.56 Å². The Morgan fingerprint density at radius 1 is 1.43 bits per heavy atom. The lowest BCUT2D eigenvalue weighted by molar-refractivity contribution is 0.804. The van der Waals surface area contributed by atoms with Crippen molar-refractivity contribution in [3.8, 4) is 11.4 Å². The van der Waals surface area contributed by atoms with Crippen molar-refractivity contribution in [1.82, 2.24) is 15.0 Å². The van der Waals surface area contributed by atoms with Crippen molar-refractivity contribution in [3.05, 3.63) is 49.1 Å². The molecule has 1 aromatic heterocycles. The average Bonchev–Trinajstić information content (AvgIpc) is 3.02. The highest BCUT2D eigenvalue weighted by molar-refractivity contribution is 7.12. The molecule has 3 heterocycles. The second-order valence-electron chi connectivity index (χ2n) is 5.03. The van der Waals surface area contributed by atoms with Crippen LogP contribution in [0.25, 0.3) is 24.0 Å². The Balaban J connectivity index is 2.04. The zero-order chi connectivity index (χ0) is 14.8. The fourth-order valence-corrected chi connectivity index (χ4v) is 3.29. The van der Waals surface area contributed by atoms with Gasteiger partial charge >= 0.3 is 0 Å². The van der Waals surface area contributed by atoms with E-state index in [0.29, 0.717) is 16.5 Å². The summed E-state index contributed by atoms with van der Waals surface area (Å²) in [4.78, 5) is 24.5. The predicted molar refractivity (Wildman–Crippen MR) is 87.1 cm³/mol. The SMILES string of the molecule is C=c1nc2[nH]c(=O)c(=Cc3ccc(CCCC)s3)c-2c[nH]1. The molecule has 3 rings (SSSR count). The van der Waals surface area contributed by atoms with E-state index in [1.54, 1.807) is 17.5 Å². The average molecular weight is 299 g/mol. The number of unbranched alkanes of at least 4 members (excludes halogenated alkanes) is 1. The minimum Gasteiger partial charge on any atom is -0.346 e. The van der Waals surface area contributed by atoms with Crippen molar-refractivity contribution in [3.63, 3.8) is 0 Å². The summed E-state index contributed by atoms with van der Waals surface area (Å²) in [6.07, 6.45) is 7.21. The first-order valence-corrected chi connectivity index (χ1v) is 7.86. The molecule has 0 fully saturated rings. The van der Waals surface area contributed by atoms with E-state index >= 15 is 0 Å². The van der Waals surface area contributed by atoms with Crippen LogP contribution >= 0.6 is 11.3 Å². The summed E-state index contributed by atoms with van der Waals surface area (Å²) in [5.74, 6) is 0.581. The van der Waals surface area contributed by atoms with Gasteiger partial charge in [0.15, 0.2) is 0 Å². The molecule has 1 aromatic rings. The van der Waals surface area contributed by atoms with Gasteiger partial charge in [0.05, 0.1) is 5.22 Å². The van der Waals surface area contributed by atoms with Crippen molar-refractivity contribution in [1.29, 1.82) is 0 Å². The lowest BCUT2D eigenvalue weighted by Gasteiger charge is -1.95. The number of nitrogens with zero attached hydrogens (tertiary/aromatic N) is 1. The maximum Gasteiger partial charge on any atom is 0.257 e. The van der Waals surface area contributed by atoms with E-state index in [1.807, 2.05) is 6.08 Å². The topological polar surface area (TPSA) is 61.5 Å². The molecule has 2 N–H and O–H groups in total. The Hall–Kier alpha value is -2.14. The van der Waals surface area contributed by atoms with Gasteiger partial charge in [-0.25, -0.2) is 4.98 Å². The van der Waals surface area contributed by atoms with Crippen molar-refractivity contribution in [2.75, 3.05) is 0 Å². The molecule has 0 amide bonds. The molecule has 0 radical (unpaired) electrons. The van der Waals surface area contributed by atoms with Gasteiger partial charge in [0.1, 0.15) is 11.3 Å². The molecule has 0 saturated heterocycles. The quantitative estimate of drug-likeness (QED) is 0.772. The molecule has 2 aliphatic rings.